The molecule has 1 N–H and O–H groups in total. The van der Waals surface area contributed by atoms with E-state index in [0.717, 1.165) is 16.2 Å². The van der Waals surface area contributed by atoms with E-state index in [9.17, 15) is 14.4 Å². The van der Waals surface area contributed by atoms with E-state index < -0.39 is 12.1 Å². The lowest BCUT2D eigenvalue weighted by Gasteiger charge is -2.34. The van der Waals surface area contributed by atoms with Crippen molar-refractivity contribution in [2.24, 2.45) is 0 Å². The van der Waals surface area contributed by atoms with Crippen molar-refractivity contribution in [3.05, 3.63) is 54.2 Å². The maximum atomic E-state index is 12.7. The van der Waals surface area contributed by atoms with Gasteiger partial charge in [0.1, 0.15) is 18.3 Å². The summed E-state index contributed by atoms with van der Waals surface area (Å²) in [7, 11) is 0. The minimum absolute atomic E-state index is 0. The van der Waals surface area contributed by atoms with E-state index in [1.54, 1.807) is 29.6 Å². The van der Waals surface area contributed by atoms with Crippen molar-refractivity contribution in [3.8, 4) is 0 Å². The van der Waals surface area contributed by atoms with E-state index in [4.69, 9.17) is 4.42 Å². The zero-order chi connectivity index (χ0) is 19.5. The number of halogens is 1. The third-order valence-electron chi connectivity index (χ3n) is 4.97. The van der Waals surface area contributed by atoms with Crippen LogP contribution in [-0.2, 0) is 22.7 Å². The summed E-state index contributed by atoms with van der Waals surface area (Å²) in [5.74, 6) is 0.111. The second-order valence-electron chi connectivity index (χ2n) is 6.87. The average Bonchev–Trinajstić information content (AvgIpc) is 3.30. The van der Waals surface area contributed by atoms with Crippen molar-refractivity contribution in [2.45, 2.75) is 19.1 Å². The first-order chi connectivity index (χ1) is 13.6. The highest BCUT2D eigenvalue weighted by atomic mass is 35.5. The molecule has 0 bridgehead atoms. The molecule has 4 heterocycles. The van der Waals surface area contributed by atoms with Gasteiger partial charge in [0, 0.05) is 38.6 Å². The molecule has 1 unspecified atom stereocenters. The van der Waals surface area contributed by atoms with Crippen LogP contribution in [0.3, 0.4) is 0 Å². The molecule has 0 spiro atoms. The molecule has 154 valence electrons. The molecule has 2 saturated heterocycles. The Hall–Kier alpha value is -2.91. The molecule has 2 aromatic heterocycles. The number of carbonyl (C=O) groups excluding carboxylic acids is 3. The Kier molecular flexibility index (Phi) is 6.50. The summed E-state index contributed by atoms with van der Waals surface area (Å²) < 4.78 is 5.36. The maximum Gasteiger partial charge on any atom is 0.328 e. The Bertz CT molecular complexity index is 861. The monoisotopic (exact) mass is 419 g/mol. The summed E-state index contributed by atoms with van der Waals surface area (Å²) in [6.45, 7) is 2.14. The second-order valence-corrected chi connectivity index (χ2v) is 6.87. The smallest absolute Gasteiger partial charge is 0.328 e. The number of rotatable bonds is 6. The number of nitrogens with one attached hydrogen (secondary N) is 1. The summed E-state index contributed by atoms with van der Waals surface area (Å²) >= 11 is 0. The van der Waals surface area contributed by atoms with Gasteiger partial charge in [0.25, 0.3) is 5.91 Å². The number of furan rings is 1. The van der Waals surface area contributed by atoms with Crippen LogP contribution in [0.2, 0.25) is 0 Å². The van der Waals surface area contributed by atoms with E-state index in [0.29, 0.717) is 32.7 Å². The van der Waals surface area contributed by atoms with Crippen molar-refractivity contribution in [3.63, 3.8) is 0 Å². The van der Waals surface area contributed by atoms with Gasteiger partial charge in [-0.3, -0.25) is 24.4 Å². The van der Waals surface area contributed by atoms with Gasteiger partial charge >= 0.3 is 6.03 Å². The van der Waals surface area contributed by atoms with Gasteiger partial charge in [-0.05, 0) is 23.8 Å². The number of hydrogen-bond acceptors (Lipinski definition) is 6. The van der Waals surface area contributed by atoms with E-state index in [1.807, 2.05) is 18.2 Å². The van der Waals surface area contributed by atoms with Crippen LogP contribution in [0.15, 0.2) is 47.3 Å². The minimum Gasteiger partial charge on any atom is -0.468 e. The summed E-state index contributed by atoms with van der Waals surface area (Å²) in [5, 5.41) is 2.72. The van der Waals surface area contributed by atoms with Crippen LogP contribution in [0, 0.1) is 0 Å². The summed E-state index contributed by atoms with van der Waals surface area (Å²) in [4.78, 5) is 46.2. The van der Waals surface area contributed by atoms with Crippen molar-refractivity contribution in [1.29, 1.82) is 0 Å². The molecule has 10 heteroatoms. The number of piperazine rings is 1. The minimum atomic E-state index is -0.553. The quantitative estimate of drug-likeness (QED) is 0.697. The number of pyridine rings is 1. The van der Waals surface area contributed by atoms with Gasteiger partial charge in [0.2, 0.25) is 5.91 Å². The van der Waals surface area contributed by atoms with Crippen molar-refractivity contribution in [2.75, 3.05) is 26.2 Å². The van der Waals surface area contributed by atoms with E-state index >= 15 is 0 Å². The fourth-order valence-electron chi connectivity index (χ4n) is 3.52. The third kappa shape index (κ3) is 4.57. The highest BCUT2D eigenvalue weighted by Crippen LogP contribution is 2.23. The first-order valence-electron chi connectivity index (χ1n) is 9.14. The Labute approximate surface area is 174 Å². The van der Waals surface area contributed by atoms with E-state index in [-0.39, 0.29) is 30.8 Å². The van der Waals surface area contributed by atoms with Crippen LogP contribution in [0.25, 0.3) is 0 Å². The van der Waals surface area contributed by atoms with Crippen LogP contribution in [0.5, 0.6) is 0 Å². The Balaban J connectivity index is 0.00000240. The first-order valence-corrected chi connectivity index (χ1v) is 9.14. The zero-order valence-electron chi connectivity index (χ0n) is 15.7. The Morgan fingerprint density at radius 3 is 2.83 bits per heavy atom. The Morgan fingerprint density at radius 1 is 1.24 bits per heavy atom. The van der Waals surface area contributed by atoms with Gasteiger partial charge in [-0.25, -0.2) is 4.79 Å². The fraction of sp³-hybridized carbons (Fsp3) is 0.368. The lowest BCUT2D eigenvalue weighted by molar-refractivity contribution is -0.133. The van der Waals surface area contributed by atoms with Crippen LogP contribution in [0.1, 0.15) is 11.3 Å². The van der Waals surface area contributed by atoms with Gasteiger partial charge in [0.15, 0.2) is 0 Å². The van der Waals surface area contributed by atoms with Gasteiger partial charge in [-0.15, -0.1) is 12.4 Å². The molecule has 2 aliphatic heterocycles. The standard InChI is InChI=1S/C19H21N5O4.ClH/c25-17(21-10-14-3-1-5-20-9-14)13-24-18(26)16-12-22(6-7-23(16)19(24)27)11-15-4-2-8-28-15;/h1-5,8-9,16H,6-7,10-13H2,(H,21,25);1H. The number of urea groups is 1. The predicted molar refractivity (Wildman–Crippen MR) is 105 cm³/mol. The van der Waals surface area contributed by atoms with Crippen LogP contribution in [0.4, 0.5) is 4.79 Å². The SMILES string of the molecule is Cl.O=C(CN1C(=O)C2CN(Cc3ccco3)CCN2C1=O)NCc1cccnc1. The predicted octanol–water partition coefficient (Wildman–Crippen LogP) is 0.861. The molecule has 9 nitrogen and oxygen atoms in total. The largest absolute Gasteiger partial charge is 0.468 e. The van der Waals surface area contributed by atoms with Crippen molar-refractivity contribution >= 4 is 30.3 Å². The summed E-state index contributed by atoms with van der Waals surface area (Å²) in [5.41, 5.74) is 0.848. The molecular weight excluding hydrogens is 398 g/mol. The third-order valence-corrected chi connectivity index (χ3v) is 4.97. The van der Waals surface area contributed by atoms with Gasteiger partial charge in [-0.2, -0.15) is 0 Å². The number of nitrogens with zero attached hydrogens (tertiary/aromatic N) is 4. The molecule has 0 aromatic carbocycles. The highest BCUT2D eigenvalue weighted by Gasteiger charge is 2.48. The molecule has 29 heavy (non-hydrogen) atoms. The lowest BCUT2D eigenvalue weighted by Crippen LogP contribution is -2.52. The molecule has 2 aliphatic rings. The average molecular weight is 420 g/mol. The highest BCUT2D eigenvalue weighted by molar-refractivity contribution is 6.06. The summed E-state index contributed by atoms with van der Waals surface area (Å²) in [6, 6.07) is 6.37. The molecule has 2 fully saturated rings. The fourth-order valence-corrected chi connectivity index (χ4v) is 3.52. The van der Waals surface area contributed by atoms with Gasteiger partial charge in [-0.1, -0.05) is 6.07 Å². The normalized spacial score (nSPS) is 19.1. The Morgan fingerprint density at radius 2 is 2.10 bits per heavy atom. The van der Waals surface area contributed by atoms with Crippen LogP contribution < -0.4 is 5.32 Å². The second kappa shape index (κ2) is 9.06. The zero-order valence-corrected chi connectivity index (χ0v) is 16.5. The summed E-state index contributed by atoms with van der Waals surface area (Å²) in [6.07, 6.45) is 4.92. The number of carbonyl (C=O) groups is 3. The number of aromatic nitrogens is 1. The molecular formula is C19H22ClN5O4. The number of imide groups is 1. The van der Waals surface area contributed by atoms with Crippen molar-refractivity contribution in [1.82, 2.24) is 25.0 Å². The van der Waals surface area contributed by atoms with Crippen molar-refractivity contribution < 1.29 is 18.8 Å². The topological polar surface area (TPSA) is 99.0 Å². The first kappa shape index (κ1) is 20.8. The van der Waals surface area contributed by atoms with Crippen LogP contribution >= 0.6 is 12.4 Å². The molecule has 2 aromatic rings. The molecule has 0 radical (unpaired) electrons. The molecule has 0 aliphatic carbocycles. The molecule has 4 rings (SSSR count). The molecule has 1 atom stereocenters. The van der Waals surface area contributed by atoms with Gasteiger partial charge in [0.05, 0.1) is 12.8 Å². The number of amides is 4. The van der Waals surface area contributed by atoms with Crippen LogP contribution in [-0.4, -0.2) is 69.8 Å². The maximum absolute atomic E-state index is 12.7. The number of hydrogen-bond donors (Lipinski definition) is 1. The lowest BCUT2D eigenvalue weighted by atomic mass is 10.2. The number of fused-ring (bicyclic) bond motifs is 1. The van der Waals surface area contributed by atoms with E-state index in [2.05, 4.69) is 15.2 Å². The van der Waals surface area contributed by atoms with Gasteiger partial charge < -0.3 is 14.6 Å². The molecule has 4 amide bonds. The van der Waals surface area contributed by atoms with E-state index in [1.165, 1.54) is 0 Å². The molecule has 0 saturated carbocycles.